The molecule has 1 aromatic rings. The van der Waals surface area contributed by atoms with Crippen molar-refractivity contribution in [3.8, 4) is 11.5 Å². The quantitative estimate of drug-likeness (QED) is 0.600. The van der Waals surface area contributed by atoms with E-state index in [1.54, 1.807) is 20.3 Å². The van der Waals surface area contributed by atoms with Crippen molar-refractivity contribution in [2.45, 2.75) is 19.9 Å². The van der Waals surface area contributed by atoms with Crippen molar-refractivity contribution >= 4 is 17.7 Å². The first-order chi connectivity index (χ1) is 8.19. The summed E-state index contributed by atoms with van der Waals surface area (Å²) in [4.78, 5) is 13.7. The minimum absolute atomic E-state index is 0.200. The van der Waals surface area contributed by atoms with Gasteiger partial charge in [-0.05, 0) is 6.42 Å². The molecule has 0 radical (unpaired) electrons. The van der Waals surface area contributed by atoms with Crippen LogP contribution < -0.4 is 9.47 Å². The van der Waals surface area contributed by atoms with Gasteiger partial charge in [-0.2, -0.15) is 0 Å². The van der Waals surface area contributed by atoms with Crippen LogP contribution in [0.4, 0.5) is 0 Å². The molecule has 5 heteroatoms. The maximum Gasteiger partial charge on any atom is 0.235 e. The van der Waals surface area contributed by atoms with Gasteiger partial charge in [-0.25, -0.2) is 9.79 Å². The monoisotopic (exact) mass is 255 g/mol. The third kappa shape index (κ3) is 2.78. The van der Waals surface area contributed by atoms with Gasteiger partial charge in [0.15, 0.2) is 11.5 Å². The highest BCUT2D eigenvalue weighted by Crippen LogP contribution is 2.38. The molecule has 0 aliphatic rings. The molecule has 0 atom stereocenters. The van der Waals surface area contributed by atoms with Gasteiger partial charge in [-0.15, -0.1) is 0 Å². The molecule has 0 aliphatic carbocycles. The van der Waals surface area contributed by atoms with E-state index < -0.39 is 0 Å². The van der Waals surface area contributed by atoms with Crippen LogP contribution in [-0.2, 0) is 17.8 Å². The lowest BCUT2D eigenvalue weighted by atomic mass is 10.0. The Hall–Kier alpha value is -1.51. The van der Waals surface area contributed by atoms with E-state index in [0.717, 1.165) is 11.1 Å². The minimum Gasteiger partial charge on any atom is -0.493 e. The van der Waals surface area contributed by atoms with E-state index in [2.05, 4.69) is 4.99 Å². The molecule has 0 spiro atoms. The summed E-state index contributed by atoms with van der Waals surface area (Å²) in [6.07, 6.45) is 2.22. The van der Waals surface area contributed by atoms with Gasteiger partial charge in [0.2, 0.25) is 6.08 Å². The van der Waals surface area contributed by atoms with Crippen LogP contribution in [0.2, 0.25) is 5.02 Å². The third-order valence-corrected chi connectivity index (χ3v) is 2.82. The minimum atomic E-state index is 0.200. The molecule has 1 rings (SSSR count). The van der Waals surface area contributed by atoms with Gasteiger partial charge in [0, 0.05) is 22.2 Å². The van der Waals surface area contributed by atoms with E-state index in [-0.39, 0.29) is 6.54 Å². The van der Waals surface area contributed by atoms with Crippen molar-refractivity contribution < 1.29 is 14.3 Å². The second-order valence-electron chi connectivity index (χ2n) is 3.31. The van der Waals surface area contributed by atoms with Gasteiger partial charge in [-0.3, -0.25) is 0 Å². The first-order valence-electron chi connectivity index (χ1n) is 5.15. The van der Waals surface area contributed by atoms with E-state index in [0.29, 0.717) is 22.9 Å². The van der Waals surface area contributed by atoms with Crippen LogP contribution in [0.1, 0.15) is 18.1 Å². The number of carbonyl (C=O) groups excluding carboxylic acids is 1. The molecule has 0 N–H and O–H groups in total. The molecule has 4 nitrogen and oxygen atoms in total. The highest BCUT2D eigenvalue weighted by molar-refractivity contribution is 6.31. The molecule has 0 aromatic heterocycles. The molecule has 0 saturated heterocycles. The van der Waals surface area contributed by atoms with Crippen molar-refractivity contribution in [3.63, 3.8) is 0 Å². The number of halogens is 1. The highest BCUT2D eigenvalue weighted by atomic mass is 35.5. The average molecular weight is 256 g/mol. The summed E-state index contributed by atoms with van der Waals surface area (Å²) in [6, 6.07) is 1.66. The molecular weight excluding hydrogens is 242 g/mol. The van der Waals surface area contributed by atoms with Crippen LogP contribution in [-0.4, -0.2) is 20.3 Å². The average Bonchev–Trinajstić information content (AvgIpc) is 2.35. The number of aliphatic imine (C=N–C) groups is 1. The fourth-order valence-corrected chi connectivity index (χ4v) is 2.00. The second-order valence-corrected chi connectivity index (χ2v) is 3.72. The van der Waals surface area contributed by atoms with Gasteiger partial charge in [0.1, 0.15) is 0 Å². The van der Waals surface area contributed by atoms with E-state index in [1.165, 1.54) is 6.08 Å². The predicted octanol–water partition coefficient (Wildman–Crippen LogP) is 2.76. The molecule has 17 heavy (non-hydrogen) atoms. The molecule has 0 bridgehead atoms. The Morgan fingerprint density at radius 3 is 2.53 bits per heavy atom. The Morgan fingerprint density at radius 1 is 1.35 bits per heavy atom. The van der Waals surface area contributed by atoms with E-state index in [9.17, 15) is 4.79 Å². The summed E-state index contributed by atoms with van der Waals surface area (Å²) in [5, 5.41) is 0.513. The maximum absolute atomic E-state index is 10.2. The van der Waals surface area contributed by atoms with Gasteiger partial charge in [0.05, 0.1) is 20.8 Å². The van der Waals surface area contributed by atoms with Crippen LogP contribution in [0, 0.1) is 0 Å². The van der Waals surface area contributed by atoms with E-state index in [1.807, 2.05) is 6.92 Å². The number of benzene rings is 1. The van der Waals surface area contributed by atoms with Crippen molar-refractivity contribution in [2.75, 3.05) is 14.2 Å². The zero-order valence-corrected chi connectivity index (χ0v) is 10.8. The number of ether oxygens (including phenoxy) is 2. The Bertz CT molecular complexity index is 454. The van der Waals surface area contributed by atoms with Crippen LogP contribution in [0.3, 0.4) is 0 Å². The zero-order chi connectivity index (χ0) is 12.8. The Morgan fingerprint density at radius 2 is 2.06 bits per heavy atom. The SMILES string of the molecule is CCc1c(CN=C=O)c(Cl)cc(OC)c1OC. The van der Waals surface area contributed by atoms with Crippen molar-refractivity contribution in [1.82, 2.24) is 0 Å². The van der Waals surface area contributed by atoms with Crippen LogP contribution >= 0.6 is 11.6 Å². The molecule has 0 unspecified atom stereocenters. The molecule has 92 valence electrons. The molecular formula is C12H14ClNO3. The second kappa shape index (κ2) is 6.28. The number of hydrogen-bond acceptors (Lipinski definition) is 4. The first kappa shape index (κ1) is 13.6. The largest absolute Gasteiger partial charge is 0.493 e. The normalized spacial score (nSPS) is 9.65. The lowest BCUT2D eigenvalue weighted by Gasteiger charge is -2.16. The number of isocyanates is 1. The summed E-state index contributed by atoms with van der Waals surface area (Å²) < 4.78 is 10.5. The van der Waals surface area contributed by atoms with Crippen molar-refractivity contribution in [3.05, 3.63) is 22.2 Å². The van der Waals surface area contributed by atoms with Gasteiger partial charge in [-0.1, -0.05) is 18.5 Å². The van der Waals surface area contributed by atoms with Gasteiger partial charge < -0.3 is 9.47 Å². The Balaban J connectivity index is 3.42. The fraction of sp³-hybridized carbons (Fsp3) is 0.417. The number of rotatable bonds is 5. The zero-order valence-electron chi connectivity index (χ0n) is 10.0. The number of methoxy groups -OCH3 is 2. The van der Waals surface area contributed by atoms with Crippen LogP contribution in [0.5, 0.6) is 11.5 Å². The topological polar surface area (TPSA) is 47.9 Å². The molecule has 0 fully saturated rings. The van der Waals surface area contributed by atoms with E-state index >= 15 is 0 Å². The molecule has 1 aromatic carbocycles. The summed E-state index contributed by atoms with van der Waals surface area (Å²) in [5.41, 5.74) is 1.67. The lowest BCUT2D eigenvalue weighted by Crippen LogP contribution is -2.01. The standard InChI is InChI=1S/C12H14ClNO3/c1-4-8-9(6-14-7-15)10(13)5-11(16-2)12(8)17-3/h5H,4,6H2,1-3H3. The molecule has 0 saturated carbocycles. The summed E-state index contributed by atoms with van der Waals surface area (Å²) in [5.74, 6) is 1.21. The fourth-order valence-electron chi connectivity index (χ4n) is 1.73. The molecule has 0 amide bonds. The van der Waals surface area contributed by atoms with E-state index in [4.69, 9.17) is 21.1 Å². The molecule has 0 aliphatic heterocycles. The van der Waals surface area contributed by atoms with Gasteiger partial charge in [0.25, 0.3) is 0 Å². The highest BCUT2D eigenvalue weighted by Gasteiger charge is 2.17. The Labute approximate surface area is 105 Å². The smallest absolute Gasteiger partial charge is 0.235 e. The predicted molar refractivity (Wildman–Crippen MR) is 65.8 cm³/mol. The Kier molecular flexibility index (Phi) is 5.01. The van der Waals surface area contributed by atoms with Crippen molar-refractivity contribution in [2.24, 2.45) is 4.99 Å². The summed E-state index contributed by atoms with van der Waals surface area (Å²) >= 11 is 6.13. The van der Waals surface area contributed by atoms with Crippen LogP contribution in [0.25, 0.3) is 0 Å². The maximum atomic E-state index is 10.2. The van der Waals surface area contributed by atoms with Gasteiger partial charge >= 0.3 is 0 Å². The third-order valence-electron chi connectivity index (χ3n) is 2.49. The van der Waals surface area contributed by atoms with Crippen LogP contribution in [0.15, 0.2) is 11.1 Å². The first-order valence-corrected chi connectivity index (χ1v) is 5.53. The summed E-state index contributed by atoms with van der Waals surface area (Å²) in [6.45, 7) is 2.17. The molecule has 0 heterocycles. The lowest BCUT2D eigenvalue weighted by molar-refractivity contribution is 0.351. The number of nitrogens with zero attached hydrogens (tertiary/aromatic N) is 1. The van der Waals surface area contributed by atoms with Crippen molar-refractivity contribution in [1.29, 1.82) is 0 Å². The number of hydrogen-bond donors (Lipinski definition) is 0. The summed E-state index contributed by atoms with van der Waals surface area (Å²) in [7, 11) is 3.12.